The fourth-order valence-electron chi connectivity index (χ4n) is 3.37. The van der Waals surface area contributed by atoms with E-state index in [-0.39, 0.29) is 12.7 Å². The fraction of sp³-hybridized carbons (Fsp3) is 0.0800. The molecule has 0 aliphatic carbocycles. The van der Waals surface area contributed by atoms with Gasteiger partial charge >= 0.3 is 0 Å². The number of aromatic nitrogens is 2. The number of amides is 1. The number of nitrogens with one attached hydrogen (secondary N) is 2. The molecule has 0 atom stereocenters. The Hall–Kier alpha value is -4.10. The number of carbonyl (C=O) groups is 1. The summed E-state index contributed by atoms with van der Waals surface area (Å²) in [7, 11) is 0. The van der Waals surface area contributed by atoms with Crippen molar-refractivity contribution in [3.05, 3.63) is 95.1 Å². The minimum atomic E-state index is -0.166. The second-order valence-corrected chi connectivity index (χ2v) is 7.78. The molecule has 0 spiro atoms. The molecule has 33 heavy (non-hydrogen) atoms. The van der Waals surface area contributed by atoms with Gasteiger partial charge in [-0.15, -0.1) is 0 Å². The molecule has 8 heteroatoms. The van der Waals surface area contributed by atoms with Crippen molar-refractivity contribution in [3.63, 3.8) is 0 Å². The van der Waals surface area contributed by atoms with E-state index in [4.69, 9.17) is 21.1 Å². The van der Waals surface area contributed by atoms with Crippen LogP contribution in [0.4, 0.5) is 11.6 Å². The molecule has 5 rings (SSSR count). The number of hydrogen-bond donors (Lipinski definition) is 2. The van der Waals surface area contributed by atoms with E-state index in [1.165, 1.54) is 0 Å². The summed E-state index contributed by atoms with van der Waals surface area (Å²) in [6.07, 6.45) is 1.69. The third-order valence-electron chi connectivity index (χ3n) is 5.09. The number of carbonyl (C=O) groups excluding carboxylic acids is 1. The van der Waals surface area contributed by atoms with Crippen molar-refractivity contribution < 1.29 is 14.3 Å². The Morgan fingerprint density at radius 2 is 1.73 bits per heavy atom. The molecule has 1 aliphatic heterocycles. The van der Waals surface area contributed by atoms with Gasteiger partial charge in [-0.25, -0.2) is 9.97 Å². The van der Waals surface area contributed by atoms with Crippen molar-refractivity contribution >= 4 is 29.1 Å². The van der Waals surface area contributed by atoms with Gasteiger partial charge < -0.3 is 20.1 Å². The van der Waals surface area contributed by atoms with Crippen molar-refractivity contribution in [3.8, 4) is 22.8 Å². The van der Waals surface area contributed by atoms with Gasteiger partial charge in [0.2, 0.25) is 12.7 Å². The van der Waals surface area contributed by atoms with Crippen molar-refractivity contribution in [2.24, 2.45) is 0 Å². The second kappa shape index (κ2) is 9.18. The summed E-state index contributed by atoms with van der Waals surface area (Å²) in [5.41, 5.74) is 3.99. The van der Waals surface area contributed by atoms with E-state index in [0.717, 1.165) is 28.3 Å². The Labute approximate surface area is 195 Å². The first-order valence-corrected chi connectivity index (χ1v) is 10.6. The fourth-order valence-corrected chi connectivity index (χ4v) is 3.50. The normalized spacial score (nSPS) is 11.8. The highest BCUT2D eigenvalue weighted by Crippen LogP contribution is 2.32. The first kappa shape index (κ1) is 20.8. The molecule has 3 aromatic carbocycles. The maximum absolute atomic E-state index is 12.5. The van der Waals surface area contributed by atoms with Crippen LogP contribution in [-0.2, 0) is 6.54 Å². The molecule has 7 nitrogen and oxygen atoms in total. The summed E-state index contributed by atoms with van der Waals surface area (Å²) in [5, 5.41) is 6.76. The van der Waals surface area contributed by atoms with Crippen molar-refractivity contribution in [2.75, 3.05) is 12.1 Å². The number of halogens is 1. The van der Waals surface area contributed by atoms with Crippen LogP contribution in [0.5, 0.6) is 11.5 Å². The molecule has 0 fully saturated rings. The summed E-state index contributed by atoms with van der Waals surface area (Å²) < 4.78 is 10.7. The third kappa shape index (κ3) is 4.88. The first-order valence-electron chi connectivity index (χ1n) is 10.3. The third-order valence-corrected chi connectivity index (χ3v) is 5.34. The molecule has 0 radical (unpaired) electrons. The predicted molar refractivity (Wildman–Crippen MR) is 126 cm³/mol. The van der Waals surface area contributed by atoms with Crippen LogP contribution >= 0.6 is 11.6 Å². The largest absolute Gasteiger partial charge is 0.454 e. The number of ether oxygens (including phenoxy) is 2. The van der Waals surface area contributed by atoms with Gasteiger partial charge in [-0.05, 0) is 60.2 Å². The molecule has 164 valence electrons. The maximum Gasteiger partial charge on any atom is 0.251 e. The molecule has 2 N–H and O–H groups in total. The van der Waals surface area contributed by atoms with Crippen LogP contribution in [0.2, 0.25) is 5.02 Å². The van der Waals surface area contributed by atoms with Crippen LogP contribution in [0.15, 0.2) is 79.0 Å². The van der Waals surface area contributed by atoms with Gasteiger partial charge in [0, 0.05) is 34.6 Å². The van der Waals surface area contributed by atoms with Gasteiger partial charge in [-0.3, -0.25) is 4.79 Å². The van der Waals surface area contributed by atoms with Gasteiger partial charge in [0.15, 0.2) is 11.5 Å². The number of rotatable bonds is 6. The molecular formula is C25H19ClN4O3. The molecule has 2 heterocycles. The lowest BCUT2D eigenvalue weighted by Gasteiger charge is -2.09. The van der Waals surface area contributed by atoms with Gasteiger partial charge in [0.1, 0.15) is 0 Å². The lowest BCUT2D eigenvalue weighted by Crippen LogP contribution is -2.22. The zero-order valence-corrected chi connectivity index (χ0v) is 18.2. The average Bonchev–Trinajstić information content (AvgIpc) is 3.32. The molecular weight excluding hydrogens is 440 g/mol. The number of fused-ring (bicyclic) bond motifs is 1. The van der Waals surface area contributed by atoms with Crippen molar-refractivity contribution in [2.45, 2.75) is 6.54 Å². The summed E-state index contributed by atoms with van der Waals surface area (Å²) in [6.45, 7) is 0.614. The summed E-state index contributed by atoms with van der Waals surface area (Å²) in [5.74, 6) is 1.71. The van der Waals surface area contributed by atoms with Gasteiger partial charge in [-0.2, -0.15) is 0 Å². The summed E-state index contributed by atoms with van der Waals surface area (Å²) in [4.78, 5) is 21.4. The Morgan fingerprint density at radius 3 is 2.55 bits per heavy atom. The molecule has 1 amide bonds. The molecule has 0 saturated carbocycles. The second-order valence-electron chi connectivity index (χ2n) is 7.35. The first-order chi connectivity index (χ1) is 16.1. The van der Waals surface area contributed by atoms with E-state index >= 15 is 0 Å². The molecule has 0 bridgehead atoms. The zero-order valence-electron chi connectivity index (χ0n) is 17.4. The summed E-state index contributed by atoms with van der Waals surface area (Å²) >= 11 is 5.96. The van der Waals surface area contributed by atoms with Gasteiger partial charge in [0.05, 0.1) is 5.69 Å². The minimum Gasteiger partial charge on any atom is -0.454 e. The van der Waals surface area contributed by atoms with E-state index in [1.807, 2.05) is 60.7 Å². The van der Waals surface area contributed by atoms with Crippen LogP contribution in [-0.4, -0.2) is 22.7 Å². The predicted octanol–water partition coefficient (Wildman–Crippen LogP) is 5.20. The van der Waals surface area contributed by atoms with Crippen LogP contribution in [0.1, 0.15) is 15.9 Å². The van der Waals surface area contributed by atoms with Crippen LogP contribution < -0.4 is 20.1 Å². The Bertz CT molecular complexity index is 1290. The average molecular weight is 459 g/mol. The topological polar surface area (TPSA) is 85.4 Å². The van der Waals surface area contributed by atoms with Crippen LogP contribution in [0.25, 0.3) is 11.3 Å². The van der Waals surface area contributed by atoms with Crippen LogP contribution in [0, 0.1) is 0 Å². The summed E-state index contributed by atoms with van der Waals surface area (Å²) in [6, 6.07) is 22.0. The molecule has 1 aromatic heterocycles. The van der Waals surface area contributed by atoms with Crippen LogP contribution in [0.3, 0.4) is 0 Å². The van der Waals surface area contributed by atoms with E-state index in [2.05, 4.69) is 20.6 Å². The molecule has 0 saturated heterocycles. The standard InChI is InChI=1S/C25H19ClN4O3/c26-19-6-2-17(3-7-19)21-11-12-27-25(30-21)29-20-8-4-18(5-9-20)24(31)28-14-16-1-10-22-23(13-16)33-15-32-22/h1-13H,14-15H2,(H,28,31)(H,27,29,30). The highest BCUT2D eigenvalue weighted by atomic mass is 35.5. The molecule has 4 aromatic rings. The highest BCUT2D eigenvalue weighted by molar-refractivity contribution is 6.30. The highest BCUT2D eigenvalue weighted by Gasteiger charge is 2.14. The van der Waals surface area contributed by atoms with Crippen molar-refractivity contribution in [1.82, 2.24) is 15.3 Å². The Morgan fingerprint density at radius 1 is 0.939 bits per heavy atom. The Balaban J connectivity index is 1.21. The molecule has 1 aliphatic rings. The number of hydrogen-bond acceptors (Lipinski definition) is 6. The van der Waals surface area contributed by atoms with E-state index in [0.29, 0.717) is 28.8 Å². The minimum absolute atomic E-state index is 0.166. The number of benzene rings is 3. The Kier molecular flexibility index (Phi) is 5.78. The quantitative estimate of drug-likeness (QED) is 0.413. The van der Waals surface area contributed by atoms with Gasteiger partial charge in [-0.1, -0.05) is 29.8 Å². The smallest absolute Gasteiger partial charge is 0.251 e. The number of nitrogens with zero attached hydrogens (tertiary/aromatic N) is 2. The lowest BCUT2D eigenvalue weighted by molar-refractivity contribution is 0.0951. The van der Waals surface area contributed by atoms with E-state index < -0.39 is 0 Å². The maximum atomic E-state index is 12.5. The van der Waals surface area contributed by atoms with E-state index in [1.54, 1.807) is 18.3 Å². The van der Waals surface area contributed by atoms with Gasteiger partial charge in [0.25, 0.3) is 5.91 Å². The molecule has 0 unspecified atom stereocenters. The number of anilines is 2. The lowest BCUT2D eigenvalue weighted by atomic mass is 10.1. The monoisotopic (exact) mass is 458 g/mol. The zero-order chi connectivity index (χ0) is 22.6. The van der Waals surface area contributed by atoms with Crippen molar-refractivity contribution in [1.29, 1.82) is 0 Å². The van der Waals surface area contributed by atoms with E-state index in [9.17, 15) is 4.79 Å². The SMILES string of the molecule is O=C(NCc1ccc2c(c1)OCO2)c1ccc(Nc2nccc(-c3ccc(Cl)cc3)n2)cc1.